The van der Waals surface area contributed by atoms with Crippen molar-refractivity contribution in [1.82, 2.24) is 5.32 Å². The van der Waals surface area contributed by atoms with Gasteiger partial charge in [0.2, 0.25) is 0 Å². The molecule has 2 aliphatic rings. The first kappa shape index (κ1) is 12.9. The lowest BCUT2D eigenvalue weighted by atomic mass is 9.85. The van der Waals surface area contributed by atoms with Crippen molar-refractivity contribution in [2.75, 3.05) is 6.54 Å². The molecule has 1 saturated carbocycles. The number of halogens is 1. The fraction of sp³-hybridized carbons (Fsp3) is 0.625. The fourth-order valence-electron chi connectivity index (χ4n) is 3.70. The predicted octanol–water partition coefficient (Wildman–Crippen LogP) is 3.82. The molecule has 19 heavy (non-hydrogen) atoms. The third-order valence-corrected chi connectivity index (χ3v) is 4.52. The predicted molar refractivity (Wildman–Crippen MR) is 73.8 cm³/mol. The van der Waals surface area contributed by atoms with Crippen molar-refractivity contribution in [2.24, 2.45) is 5.92 Å². The van der Waals surface area contributed by atoms with Crippen LogP contribution in [0.3, 0.4) is 0 Å². The third-order valence-electron chi connectivity index (χ3n) is 4.52. The highest BCUT2D eigenvalue weighted by molar-refractivity contribution is 5.39. The lowest BCUT2D eigenvalue weighted by Gasteiger charge is -2.40. The third kappa shape index (κ3) is 2.36. The van der Waals surface area contributed by atoms with Gasteiger partial charge in [-0.3, -0.25) is 0 Å². The molecule has 1 N–H and O–H groups in total. The van der Waals surface area contributed by atoms with Crippen molar-refractivity contribution in [3.8, 4) is 5.75 Å². The first-order valence-corrected chi connectivity index (χ1v) is 7.34. The van der Waals surface area contributed by atoms with E-state index in [1.165, 1.54) is 12.5 Å². The van der Waals surface area contributed by atoms with Crippen LogP contribution in [-0.4, -0.2) is 12.1 Å². The minimum Gasteiger partial charge on any atom is -0.487 e. The molecule has 3 unspecified atom stereocenters. The molecule has 1 fully saturated rings. The number of ether oxygens (including phenoxy) is 1. The highest BCUT2D eigenvalue weighted by atomic mass is 19.1. The molecule has 0 amide bonds. The average molecular weight is 263 g/mol. The molecule has 3 heteroatoms. The van der Waals surface area contributed by atoms with E-state index in [1.54, 1.807) is 6.07 Å². The van der Waals surface area contributed by atoms with E-state index in [4.69, 9.17) is 4.74 Å². The van der Waals surface area contributed by atoms with Crippen LogP contribution in [-0.2, 0) is 0 Å². The minimum absolute atomic E-state index is 0.0763. The van der Waals surface area contributed by atoms with Gasteiger partial charge in [-0.2, -0.15) is 0 Å². The summed E-state index contributed by atoms with van der Waals surface area (Å²) in [7, 11) is 0. The SMILES string of the molecule is CCNC1CC2(CCC(C)C2)Oc2cc(F)ccc21. The Balaban J connectivity index is 1.95. The molecule has 1 spiro atoms. The molecular weight excluding hydrogens is 241 g/mol. The van der Waals surface area contributed by atoms with Gasteiger partial charge in [-0.1, -0.05) is 19.9 Å². The standard InChI is InChI=1S/C16H22FNO/c1-3-18-14-10-16(7-6-11(2)9-16)19-15-8-12(17)4-5-13(14)15/h4-5,8,11,14,18H,3,6-7,9-10H2,1-2H3. The van der Waals surface area contributed by atoms with Crippen LogP contribution in [0.15, 0.2) is 18.2 Å². The lowest BCUT2D eigenvalue weighted by molar-refractivity contribution is 0.0335. The Bertz CT molecular complexity index is 476. The fourth-order valence-corrected chi connectivity index (χ4v) is 3.70. The number of hydrogen-bond acceptors (Lipinski definition) is 2. The van der Waals surface area contributed by atoms with E-state index in [-0.39, 0.29) is 11.4 Å². The Morgan fingerprint density at radius 1 is 1.42 bits per heavy atom. The number of benzene rings is 1. The van der Waals surface area contributed by atoms with Gasteiger partial charge < -0.3 is 10.1 Å². The van der Waals surface area contributed by atoms with Crippen LogP contribution < -0.4 is 10.1 Å². The second kappa shape index (κ2) is 4.78. The first-order valence-electron chi connectivity index (χ1n) is 7.34. The van der Waals surface area contributed by atoms with Gasteiger partial charge in [0, 0.05) is 24.1 Å². The molecule has 0 bridgehead atoms. The van der Waals surface area contributed by atoms with Crippen molar-refractivity contribution in [3.63, 3.8) is 0 Å². The molecule has 1 aromatic carbocycles. The van der Waals surface area contributed by atoms with E-state index in [0.29, 0.717) is 12.0 Å². The van der Waals surface area contributed by atoms with E-state index < -0.39 is 0 Å². The molecule has 104 valence electrons. The van der Waals surface area contributed by atoms with Crippen LogP contribution in [0.2, 0.25) is 0 Å². The molecule has 1 aromatic rings. The molecule has 2 nitrogen and oxygen atoms in total. The summed E-state index contributed by atoms with van der Waals surface area (Å²) in [6.07, 6.45) is 4.39. The molecule has 3 atom stereocenters. The number of hydrogen-bond donors (Lipinski definition) is 1. The van der Waals surface area contributed by atoms with E-state index in [0.717, 1.165) is 37.1 Å². The summed E-state index contributed by atoms with van der Waals surface area (Å²) in [4.78, 5) is 0. The summed E-state index contributed by atoms with van der Waals surface area (Å²) in [5.41, 5.74) is 1.03. The van der Waals surface area contributed by atoms with Gasteiger partial charge in [-0.05, 0) is 37.8 Å². The maximum Gasteiger partial charge on any atom is 0.127 e. The summed E-state index contributed by atoms with van der Waals surface area (Å²) in [5, 5.41) is 3.52. The zero-order chi connectivity index (χ0) is 13.5. The van der Waals surface area contributed by atoms with Crippen LogP contribution in [0.5, 0.6) is 5.75 Å². The van der Waals surface area contributed by atoms with Gasteiger partial charge in [0.1, 0.15) is 17.2 Å². The summed E-state index contributed by atoms with van der Waals surface area (Å²) >= 11 is 0. The Morgan fingerprint density at radius 3 is 2.95 bits per heavy atom. The highest BCUT2D eigenvalue weighted by Gasteiger charge is 2.45. The summed E-state index contributed by atoms with van der Waals surface area (Å²) in [5.74, 6) is 1.24. The quantitative estimate of drug-likeness (QED) is 0.876. The molecule has 3 rings (SSSR count). The van der Waals surface area contributed by atoms with Crippen molar-refractivity contribution >= 4 is 0 Å². The zero-order valence-electron chi connectivity index (χ0n) is 11.7. The van der Waals surface area contributed by atoms with Crippen LogP contribution in [0.25, 0.3) is 0 Å². The van der Waals surface area contributed by atoms with E-state index in [2.05, 4.69) is 19.2 Å². The monoisotopic (exact) mass is 263 g/mol. The molecule has 0 radical (unpaired) electrons. The normalized spacial score (nSPS) is 33.2. The number of nitrogens with one attached hydrogen (secondary N) is 1. The Kier molecular flexibility index (Phi) is 3.25. The molecule has 0 aromatic heterocycles. The van der Waals surface area contributed by atoms with Crippen LogP contribution >= 0.6 is 0 Å². The average Bonchev–Trinajstić information content (AvgIpc) is 2.70. The van der Waals surface area contributed by atoms with Gasteiger partial charge in [-0.15, -0.1) is 0 Å². The topological polar surface area (TPSA) is 21.3 Å². The maximum atomic E-state index is 13.5. The van der Waals surface area contributed by atoms with Gasteiger partial charge in [-0.25, -0.2) is 4.39 Å². The summed E-state index contributed by atoms with van der Waals surface area (Å²) < 4.78 is 19.7. The second-order valence-electron chi connectivity index (χ2n) is 6.13. The Morgan fingerprint density at radius 2 is 2.26 bits per heavy atom. The molecule has 0 saturated heterocycles. The molecule has 1 heterocycles. The van der Waals surface area contributed by atoms with E-state index >= 15 is 0 Å². The maximum absolute atomic E-state index is 13.5. The summed E-state index contributed by atoms with van der Waals surface area (Å²) in [6.45, 7) is 5.32. The van der Waals surface area contributed by atoms with Crippen molar-refractivity contribution in [3.05, 3.63) is 29.6 Å². The Labute approximate surface area is 114 Å². The van der Waals surface area contributed by atoms with Crippen molar-refractivity contribution < 1.29 is 9.13 Å². The van der Waals surface area contributed by atoms with Crippen LogP contribution in [0.1, 0.15) is 51.1 Å². The lowest BCUT2D eigenvalue weighted by Crippen LogP contribution is -2.42. The van der Waals surface area contributed by atoms with E-state index in [9.17, 15) is 4.39 Å². The molecule has 1 aliphatic heterocycles. The second-order valence-corrected chi connectivity index (χ2v) is 6.13. The number of rotatable bonds is 2. The van der Waals surface area contributed by atoms with Gasteiger partial charge in [0.25, 0.3) is 0 Å². The number of fused-ring (bicyclic) bond motifs is 1. The zero-order valence-corrected chi connectivity index (χ0v) is 11.7. The highest BCUT2D eigenvalue weighted by Crippen LogP contribution is 2.48. The Hall–Kier alpha value is -1.09. The van der Waals surface area contributed by atoms with Crippen LogP contribution in [0.4, 0.5) is 4.39 Å². The minimum atomic E-state index is -0.211. The smallest absolute Gasteiger partial charge is 0.127 e. The van der Waals surface area contributed by atoms with E-state index in [1.807, 2.05) is 6.07 Å². The molecular formula is C16H22FNO. The van der Waals surface area contributed by atoms with Gasteiger partial charge in [0.05, 0.1) is 0 Å². The van der Waals surface area contributed by atoms with Crippen molar-refractivity contribution in [1.29, 1.82) is 0 Å². The molecule has 1 aliphatic carbocycles. The van der Waals surface area contributed by atoms with Crippen molar-refractivity contribution in [2.45, 2.75) is 51.2 Å². The van der Waals surface area contributed by atoms with Gasteiger partial charge in [0.15, 0.2) is 0 Å². The van der Waals surface area contributed by atoms with Crippen LogP contribution in [0, 0.1) is 11.7 Å². The summed E-state index contributed by atoms with van der Waals surface area (Å²) in [6, 6.07) is 5.23. The van der Waals surface area contributed by atoms with Gasteiger partial charge >= 0.3 is 0 Å². The first-order chi connectivity index (χ1) is 9.12. The largest absolute Gasteiger partial charge is 0.487 e.